The molecule has 1 saturated carbocycles. The van der Waals surface area contributed by atoms with E-state index in [1.54, 1.807) is 37.3 Å². The number of anilines is 1. The fourth-order valence-electron chi connectivity index (χ4n) is 4.51. The van der Waals surface area contributed by atoms with Crippen LogP contribution in [0.4, 0.5) is 20.2 Å². The molecule has 0 unspecified atom stereocenters. The molecule has 0 spiro atoms. The molecule has 9 nitrogen and oxygen atoms in total. The zero-order valence-electron chi connectivity index (χ0n) is 20.1. The van der Waals surface area contributed by atoms with Crippen molar-refractivity contribution < 1.29 is 27.5 Å². The summed E-state index contributed by atoms with van der Waals surface area (Å²) in [6.45, 7) is 8.84. The van der Waals surface area contributed by atoms with Crippen molar-refractivity contribution >= 4 is 28.3 Å². The Labute approximate surface area is 214 Å². The molecule has 3 heterocycles. The fourth-order valence-corrected chi connectivity index (χ4v) is 4.51. The number of alkyl halides is 2. The Hall–Kier alpha value is -4.72. The molecule has 192 valence electrons. The average Bonchev–Trinajstić information content (AvgIpc) is 3.57. The van der Waals surface area contributed by atoms with Gasteiger partial charge in [0.25, 0.3) is 5.56 Å². The lowest BCUT2D eigenvalue weighted by Crippen LogP contribution is -2.37. The van der Waals surface area contributed by atoms with E-state index in [2.05, 4.69) is 19.4 Å². The lowest BCUT2D eigenvalue weighted by molar-refractivity contribution is -0.286. The standard InChI is InChI=1S/C27H20F2N4O5/c1-3-32(18-9-10-20-22(12-18)38-27(28,29)37-20)23(34)14-33-26(35)19-13-21(15-7-8-15)36-25(19)24(31-33)16-5-4-6-17(11-16)30-2/h4-6,9-13,15H,3,7-8,14H2,1H3. The van der Waals surface area contributed by atoms with Gasteiger partial charge in [-0.25, -0.2) is 9.53 Å². The van der Waals surface area contributed by atoms with Crippen molar-refractivity contribution in [1.29, 1.82) is 0 Å². The van der Waals surface area contributed by atoms with Crippen molar-refractivity contribution in [2.75, 3.05) is 11.4 Å². The van der Waals surface area contributed by atoms with E-state index >= 15 is 0 Å². The van der Waals surface area contributed by atoms with Crippen molar-refractivity contribution in [3.05, 3.63) is 76.1 Å². The molecule has 0 radical (unpaired) electrons. The fraction of sp³-hybridized carbons (Fsp3) is 0.259. The number of ether oxygens (including phenoxy) is 2. The number of benzene rings is 2. The highest BCUT2D eigenvalue weighted by Gasteiger charge is 2.43. The molecule has 1 aliphatic carbocycles. The first-order valence-corrected chi connectivity index (χ1v) is 12.0. The molecule has 0 saturated heterocycles. The maximum absolute atomic E-state index is 13.5. The number of carbonyl (C=O) groups is 1. The Morgan fingerprint density at radius 3 is 2.71 bits per heavy atom. The molecule has 1 fully saturated rings. The maximum atomic E-state index is 13.5. The zero-order valence-corrected chi connectivity index (χ0v) is 20.1. The largest absolute Gasteiger partial charge is 0.586 e. The summed E-state index contributed by atoms with van der Waals surface area (Å²) in [5.74, 6) is 0.122. The smallest absolute Gasteiger partial charge is 0.458 e. The van der Waals surface area contributed by atoms with Gasteiger partial charge in [-0.3, -0.25) is 9.59 Å². The van der Waals surface area contributed by atoms with Gasteiger partial charge in [0, 0.05) is 24.2 Å². The van der Waals surface area contributed by atoms with Crippen molar-refractivity contribution in [1.82, 2.24) is 9.78 Å². The number of amides is 1. The highest BCUT2D eigenvalue weighted by molar-refractivity contribution is 5.94. The highest BCUT2D eigenvalue weighted by atomic mass is 19.3. The van der Waals surface area contributed by atoms with Crippen LogP contribution in [0.1, 0.15) is 31.4 Å². The average molecular weight is 518 g/mol. The summed E-state index contributed by atoms with van der Waals surface area (Å²) in [6.07, 6.45) is -1.84. The van der Waals surface area contributed by atoms with Crippen molar-refractivity contribution in [2.24, 2.45) is 0 Å². The highest BCUT2D eigenvalue weighted by Crippen LogP contribution is 2.44. The number of carbonyl (C=O) groups excluding carboxylic acids is 1. The number of aromatic nitrogens is 2. The van der Waals surface area contributed by atoms with Crippen LogP contribution in [-0.2, 0) is 11.3 Å². The van der Waals surface area contributed by atoms with Gasteiger partial charge in [0.2, 0.25) is 5.91 Å². The molecule has 2 aromatic carbocycles. The Balaban J connectivity index is 1.39. The number of halogens is 2. The van der Waals surface area contributed by atoms with Gasteiger partial charge >= 0.3 is 6.29 Å². The first-order valence-electron chi connectivity index (χ1n) is 12.0. The van der Waals surface area contributed by atoms with Crippen LogP contribution in [-0.4, -0.2) is 28.5 Å². The van der Waals surface area contributed by atoms with Crippen LogP contribution < -0.4 is 19.9 Å². The number of likely N-dealkylation sites (N-methyl/N-ethyl adjacent to an activating group) is 1. The number of hydrogen-bond acceptors (Lipinski definition) is 6. The van der Waals surface area contributed by atoms with Gasteiger partial charge in [-0.2, -0.15) is 5.10 Å². The first kappa shape index (κ1) is 23.7. The number of fused-ring (bicyclic) bond motifs is 2. The number of nitrogens with zero attached hydrogens (tertiary/aromatic N) is 4. The van der Waals surface area contributed by atoms with Gasteiger partial charge in [0.05, 0.1) is 12.0 Å². The maximum Gasteiger partial charge on any atom is 0.586 e. The van der Waals surface area contributed by atoms with Crippen molar-refractivity contribution in [3.8, 4) is 22.8 Å². The monoisotopic (exact) mass is 518 g/mol. The molecule has 0 atom stereocenters. The summed E-state index contributed by atoms with van der Waals surface area (Å²) in [6, 6.07) is 12.5. The van der Waals surface area contributed by atoms with Gasteiger partial charge in [-0.05, 0) is 49.6 Å². The lowest BCUT2D eigenvalue weighted by atomic mass is 10.1. The van der Waals surface area contributed by atoms with Crippen LogP contribution in [0.3, 0.4) is 0 Å². The third-order valence-electron chi connectivity index (χ3n) is 6.48. The second-order valence-electron chi connectivity index (χ2n) is 9.08. The molecule has 1 aliphatic heterocycles. The topological polar surface area (TPSA) is 91.2 Å². The van der Waals surface area contributed by atoms with Gasteiger partial charge in [-0.1, -0.05) is 18.2 Å². The molecule has 0 N–H and O–H groups in total. The van der Waals surface area contributed by atoms with Crippen molar-refractivity contribution in [2.45, 2.75) is 38.5 Å². The summed E-state index contributed by atoms with van der Waals surface area (Å²) in [7, 11) is 0. The van der Waals surface area contributed by atoms with Gasteiger partial charge in [0.1, 0.15) is 18.0 Å². The van der Waals surface area contributed by atoms with Crippen LogP contribution in [0.2, 0.25) is 0 Å². The van der Waals surface area contributed by atoms with E-state index in [0.29, 0.717) is 39.4 Å². The normalized spacial score (nSPS) is 15.4. The van der Waals surface area contributed by atoms with Crippen LogP contribution in [0, 0.1) is 6.57 Å². The van der Waals surface area contributed by atoms with Gasteiger partial charge in [0.15, 0.2) is 22.8 Å². The third-order valence-corrected chi connectivity index (χ3v) is 6.48. The Morgan fingerprint density at radius 2 is 1.97 bits per heavy atom. The Bertz CT molecular complexity index is 1700. The van der Waals surface area contributed by atoms with Crippen LogP contribution in [0.5, 0.6) is 11.5 Å². The van der Waals surface area contributed by atoms with Crippen LogP contribution >= 0.6 is 0 Å². The number of furan rings is 1. The molecule has 6 rings (SSSR count). The minimum absolute atomic E-state index is 0.136. The third kappa shape index (κ3) is 4.14. The summed E-state index contributed by atoms with van der Waals surface area (Å²) in [5, 5.41) is 4.78. The quantitative estimate of drug-likeness (QED) is 0.315. The van der Waals surface area contributed by atoms with E-state index in [-0.39, 0.29) is 24.0 Å². The van der Waals surface area contributed by atoms with E-state index in [4.69, 9.17) is 11.0 Å². The number of hydrogen-bond donors (Lipinski definition) is 0. The predicted molar refractivity (Wildman–Crippen MR) is 133 cm³/mol. The minimum atomic E-state index is -3.78. The zero-order chi connectivity index (χ0) is 26.6. The van der Waals surface area contributed by atoms with E-state index in [0.717, 1.165) is 17.5 Å². The van der Waals surface area contributed by atoms with Gasteiger partial charge < -0.3 is 18.8 Å². The molecule has 2 aliphatic rings. The van der Waals surface area contributed by atoms with E-state index in [1.165, 1.54) is 23.1 Å². The minimum Gasteiger partial charge on any atom is -0.458 e. The van der Waals surface area contributed by atoms with E-state index < -0.39 is 24.3 Å². The molecule has 2 aromatic heterocycles. The van der Waals surface area contributed by atoms with Crippen molar-refractivity contribution in [3.63, 3.8) is 0 Å². The van der Waals surface area contributed by atoms with E-state index in [9.17, 15) is 18.4 Å². The second-order valence-corrected chi connectivity index (χ2v) is 9.08. The molecule has 38 heavy (non-hydrogen) atoms. The molecular weight excluding hydrogens is 498 g/mol. The van der Waals surface area contributed by atoms with Gasteiger partial charge in [-0.15, -0.1) is 8.78 Å². The van der Waals surface area contributed by atoms with E-state index in [1.807, 2.05) is 0 Å². The Kier molecular flexibility index (Phi) is 5.41. The molecule has 0 bridgehead atoms. The Morgan fingerprint density at radius 1 is 1.18 bits per heavy atom. The first-order chi connectivity index (χ1) is 18.3. The van der Waals surface area contributed by atoms with Crippen LogP contribution in [0.25, 0.3) is 27.1 Å². The SMILES string of the molecule is [C-]#[N+]c1cccc(-c2nn(CC(=O)N(CC)c3ccc4c(c3)OC(F)(F)O4)c(=O)c3cc(C4CC4)oc23)c1. The lowest BCUT2D eigenvalue weighted by Gasteiger charge is -2.21. The molecule has 4 aromatic rings. The molecular formula is C27H20F2N4O5. The predicted octanol–water partition coefficient (Wildman–Crippen LogP) is 5.46. The summed E-state index contributed by atoms with van der Waals surface area (Å²) in [4.78, 5) is 31.6. The number of rotatable bonds is 6. The summed E-state index contributed by atoms with van der Waals surface area (Å²) >= 11 is 0. The summed E-state index contributed by atoms with van der Waals surface area (Å²) < 4.78 is 43.0. The molecule has 11 heteroatoms. The van der Waals surface area contributed by atoms with Crippen LogP contribution in [0.15, 0.2) is 57.7 Å². The summed E-state index contributed by atoms with van der Waals surface area (Å²) in [5.41, 5.74) is 1.44. The molecule has 1 amide bonds. The second kappa shape index (κ2) is 8.69.